The Morgan fingerprint density at radius 3 is 2.80 bits per heavy atom. The number of hydrogen-bond acceptors (Lipinski definition) is 4. The van der Waals surface area contributed by atoms with Gasteiger partial charge in [-0.2, -0.15) is 0 Å². The number of carbonyl (C=O) groups excluding carboxylic acids is 1. The summed E-state index contributed by atoms with van der Waals surface area (Å²) in [7, 11) is 0. The number of aliphatic hydroxyl groups excluding tert-OH is 1. The number of rotatable bonds is 1. The first-order chi connectivity index (χ1) is 7.27. The average Bonchev–Trinajstić information content (AvgIpc) is 2.29. The molecule has 0 spiro atoms. The molecule has 1 aliphatic heterocycles. The summed E-state index contributed by atoms with van der Waals surface area (Å²) in [5.41, 5.74) is 0.411. The largest absolute Gasteiger partial charge is 0.446 e. The van der Waals surface area contributed by atoms with Crippen LogP contribution in [0.2, 0.25) is 0 Å². The van der Waals surface area contributed by atoms with E-state index in [1.165, 1.54) is 0 Å². The highest BCUT2D eigenvalue weighted by atomic mass is 32.1. The normalized spacial score (nSPS) is 19.4. The van der Waals surface area contributed by atoms with Gasteiger partial charge in [0.15, 0.2) is 5.78 Å². The zero-order valence-electron chi connectivity index (χ0n) is 7.67. The van der Waals surface area contributed by atoms with Crippen molar-refractivity contribution >= 4 is 22.1 Å². The zero-order valence-corrected chi connectivity index (χ0v) is 8.49. The molecule has 0 fully saturated rings. The van der Waals surface area contributed by atoms with Gasteiger partial charge >= 0.3 is 0 Å². The van der Waals surface area contributed by atoms with E-state index < -0.39 is 12.5 Å². The molecule has 1 atom stereocenters. The lowest BCUT2D eigenvalue weighted by Gasteiger charge is -2.22. The summed E-state index contributed by atoms with van der Waals surface area (Å²) in [4.78, 5) is 11.8. The van der Waals surface area contributed by atoms with Crippen LogP contribution < -0.4 is 4.74 Å². The van der Waals surface area contributed by atoms with Gasteiger partial charge in [0.2, 0.25) is 5.05 Å². The molecule has 1 heterocycles. The van der Waals surface area contributed by atoms with Crippen molar-refractivity contribution in [2.45, 2.75) is 0 Å². The monoisotopic (exact) mass is 224 g/mol. The highest BCUT2D eigenvalue weighted by Gasteiger charge is 2.33. The number of Topliss-reactive ketones (excluding diaryl/α,β-unsaturated/α-hetero) is 1. The predicted molar refractivity (Wildman–Crippen MR) is 55.1 cm³/mol. The Labute approximate surface area is 89.6 Å². The highest BCUT2D eigenvalue weighted by Crippen LogP contribution is 2.27. The van der Waals surface area contributed by atoms with E-state index in [-0.39, 0.29) is 22.1 Å². The van der Waals surface area contributed by atoms with Crippen LogP contribution >= 0.6 is 0 Å². The summed E-state index contributed by atoms with van der Waals surface area (Å²) in [5.74, 6) is -0.731. The molecule has 0 bridgehead atoms. The number of ether oxygens (including phenoxy) is 1. The lowest BCUT2D eigenvalue weighted by molar-refractivity contribution is 0.0892. The Bertz CT molecular complexity index is 462. The third-order valence-corrected chi connectivity index (χ3v) is 2.76. The SMILES string of the molecule is O=S=C1Oc2ccccc2C(=O)C1CO. The van der Waals surface area contributed by atoms with Crippen LogP contribution in [0, 0.1) is 5.92 Å². The van der Waals surface area contributed by atoms with Crippen LogP contribution in [0.1, 0.15) is 10.4 Å². The minimum Gasteiger partial charge on any atom is -0.446 e. The van der Waals surface area contributed by atoms with Gasteiger partial charge in [-0.1, -0.05) is 12.1 Å². The van der Waals surface area contributed by atoms with Crippen LogP contribution in [0.25, 0.3) is 0 Å². The van der Waals surface area contributed by atoms with Crippen LogP contribution in [0.3, 0.4) is 0 Å². The maximum absolute atomic E-state index is 11.8. The average molecular weight is 224 g/mol. The second-order valence-corrected chi connectivity index (χ2v) is 3.67. The van der Waals surface area contributed by atoms with E-state index in [0.717, 1.165) is 0 Å². The van der Waals surface area contributed by atoms with Crippen molar-refractivity contribution in [1.82, 2.24) is 0 Å². The minimum atomic E-state index is -0.845. The third kappa shape index (κ3) is 1.60. The maximum Gasteiger partial charge on any atom is 0.209 e. The number of fused-ring (bicyclic) bond motifs is 1. The van der Waals surface area contributed by atoms with Crippen molar-refractivity contribution in [3.63, 3.8) is 0 Å². The summed E-state index contributed by atoms with van der Waals surface area (Å²) < 4.78 is 15.9. The molecule has 0 aliphatic carbocycles. The van der Waals surface area contributed by atoms with Gasteiger partial charge in [-0.05, 0) is 12.1 Å². The first-order valence-electron chi connectivity index (χ1n) is 4.36. The lowest BCUT2D eigenvalue weighted by atomic mass is 9.96. The second-order valence-electron chi connectivity index (χ2n) is 3.10. The Morgan fingerprint density at radius 2 is 2.13 bits per heavy atom. The predicted octanol–water partition coefficient (Wildman–Crippen LogP) is 0.213. The Morgan fingerprint density at radius 1 is 1.40 bits per heavy atom. The van der Waals surface area contributed by atoms with Gasteiger partial charge in [0.25, 0.3) is 0 Å². The molecule has 0 saturated heterocycles. The standard InChI is InChI=1S/C10H8O4S/c11-5-7-9(12)6-3-1-2-4-8(6)14-10(7)15-13/h1-4,7,11H,5H2. The summed E-state index contributed by atoms with van der Waals surface area (Å²) >= 11 is 0.109. The molecular formula is C10H8O4S. The number of carbonyl (C=O) groups is 1. The quantitative estimate of drug-likeness (QED) is 0.693. The smallest absolute Gasteiger partial charge is 0.209 e. The second kappa shape index (κ2) is 3.96. The molecular weight excluding hydrogens is 216 g/mol. The summed E-state index contributed by atoms with van der Waals surface area (Å²) in [5, 5.41) is 9.03. The molecule has 0 radical (unpaired) electrons. The van der Waals surface area contributed by atoms with E-state index in [1.807, 2.05) is 0 Å². The molecule has 1 aromatic carbocycles. The van der Waals surface area contributed by atoms with E-state index >= 15 is 0 Å². The molecule has 2 rings (SSSR count). The highest BCUT2D eigenvalue weighted by molar-refractivity contribution is 7.66. The number of ketones is 1. The molecule has 1 aliphatic rings. The number of aliphatic hydroxyl groups is 1. The Kier molecular flexibility index (Phi) is 2.66. The van der Waals surface area contributed by atoms with E-state index in [4.69, 9.17) is 9.84 Å². The summed E-state index contributed by atoms with van der Waals surface area (Å²) in [6.07, 6.45) is 0. The molecule has 78 valence electrons. The Balaban J connectivity index is 2.55. The molecule has 1 aromatic rings. The van der Waals surface area contributed by atoms with Crippen LogP contribution in [0.4, 0.5) is 0 Å². The van der Waals surface area contributed by atoms with E-state index in [0.29, 0.717) is 11.3 Å². The van der Waals surface area contributed by atoms with Gasteiger partial charge in [0.1, 0.15) is 22.9 Å². The van der Waals surface area contributed by atoms with Crippen LogP contribution in [-0.2, 0) is 11.3 Å². The van der Waals surface area contributed by atoms with Gasteiger partial charge in [-0.15, -0.1) is 0 Å². The molecule has 0 aromatic heterocycles. The number of hydrogen-bond donors (Lipinski definition) is 1. The molecule has 5 heteroatoms. The van der Waals surface area contributed by atoms with Crippen molar-refractivity contribution in [3.8, 4) is 5.75 Å². The molecule has 15 heavy (non-hydrogen) atoms. The van der Waals surface area contributed by atoms with Crippen LogP contribution in [0.5, 0.6) is 5.75 Å². The van der Waals surface area contributed by atoms with Crippen molar-refractivity contribution in [2.24, 2.45) is 5.92 Å². The zero-order chi connectivity index (χ0) is 10.8. The van der Waals surface area contributed by atoms with E-state index in [2.05, 4.69) is 0 Å². The first-order valence-corrected chi connectivity index (χ1v) is 5.10. The lowest BCUT2D eigenvalue weighted by Crippen LogP contribution is -2.35. The van der Waals surface area contributed by atoms with Crippen LogP contribution in [-0.4, -0.2) is 26.8 Å². The number of para-hydroxylation sites is 1. The molecule has 4 nitrogen and oxygen atoms in total. The number of benzene rings is 1. The first kappa shape index (κ1) is 10.1. The maximum atomic E-state index is 11.8. The van der Waals surface area contributed by atoms with Gasteiger partial charge in [-0.3, -0.25) is 4.79 Å². The summed E-state index contributed by atoms with van der Waals surface area (Å²) in [6.45, 7) is -0.405. The molecule has 1 unspecified atom stereocenters. The fraction of sp³-hybridized carbons (Fsp3) is 0.200. The van der Waals surface area contributed by atoms with E-state index in [9.17, 15) is 9.00 Å². The van der Waals surface area contributed by atoms with Crippen LogP contribution in [0.15, 0.2) is 24.3 Å². The fourth-order valence-corrected chi connectivity index (χ4v) is 1.89. The summed E-state index contributed by atoms with van der Waals surface area (Å²) in [6, 6.07) is 6.67. The molecule has 0 saturated carbocycles. The molecule has 1 N–H and O–H groups in total. The molecule has 0 amide bonds. The van der Waals surface area contributed by atoms with Crippen molar-refractivity contribution in [3.05, 3.63) is 29.8 Å². The van der Waals surface area contributed by atoms with Crippen molar-refractivity contribution in [2.75, 3.05) is 6.61 Å². The van der Waals surface area contributed by atoms with E-state index in [1.54, 1.807) is 24.3 Å². The Hall–Kier alpha value is -1.46. The van der Waals surface area contributed by atoms with Crippen molar-refractivity contribution < 1.29 is 18.8 Å². The van der Waals surface area contributed by atoms with Gasteiger partial charge < -0.3 is 9.84 Å². The fourth-order valence-electron chi connectivity index (χ4n) is 1.47. The minimum absolute atomic E-state index is 0.0150. The third-order valence-electron chi connectivity index (χ3n) is 2.23. The van der Waals surface area contributed by atoms with Gasteiger partial charge in [0, 0.05) is 0 Å². The van der Waals surface area contributed by atoms with Gasteiger partial charge in [-0.25, -0.2) is 4.21 Å². The topological polar surface area (TPSA) is 63.6 Å². The van der Waals surface area contributed by atoms with Crippen molar-refractivity contribution in [1.29, 1.82) is 0 Å². The van der Waals surface area contributed by atoms with Gasteiger partial charge in [0.05, 0.1) is 12.2 Å².